The molecule has 0 atom stereocenters. The highest BCUT2D eigenvalue weighted by Gasteiger charge is 2.05. The molecule has 0 saturated heterocycles. The Bertz CT molecular complexity index is 757. The van der Waals surface area contributed by atoms with E-state index in [4.69, 9.17) is 4.42 Å². The first-order valence-electron chi connectivity index (χ1n) is 7.45. The second-order valence-electron chi connectivity index (χ2n) is 5.83. The van der Waals surface area contributed by atoms with E-state index in [1.165, 1.54) is 18.4 Å². The Morgan fingerprint density at radius 2 is 2.14 bits per heavy atom. The first kappa shape index (κ1) is 16.0. The van der Waals surface area contributed by atoms with Gasteiger partial charge in [-0.15, -0.1) is 0 Å². The molecule has 0 aliphatic carbocycles. The number of carbonyl (C=O) groups is 1. The van der Waals surface area contributed by atoms with E-state index in [0.29, 0.717) is 29.0 Å². The first-order valence-corrected chi connectivity index (χ1v) is 7.45. The summed E-state index contributed by atoms with van der Waals surface area (Å²) in [5.74, 6) is 0.337. The second kappa shape index (κ2) is 7.07. The summed E-state index contributed by atoms with van der Waals surface area (Å²) in [5, 5.41) is 3.32. The third kappa shape index (κ3) is 4.07. The highest BCUT2D eigenvalue weighted by atomic mass is 16.3. The summed E-state index contributed by atoms with van der Waals surface area (Å²) in [6.07, 6.45) is 5.18. The average molecular weight is 299 g/mol. The van der Waals surface area contributed by atoms with E-state index in [1.54, 1.807) is 12.1 Å². The molecule has 22 heavy (non-hydrogen) atoms. The molecule has 0 aliphatic heterocycles. The van der Waals surface area contributed by atoms with Gasteiger partial charge in [0.2, 0.25) is 5.91 Å². The van der Waals surface area contributed by atoms with Crippen molar-refractivity contribution < 1.29 is 9.21 Å². The summed E-state index contributed by atoms with van der Waals surface area (Å²) < 4.78 is 5.44. The maximum absolute atomic E-state index is 12.4. The number of hydrogen-bond acceptors (Lipinski definition) is 3. The Kier molecular flexibility index (Phi) is 5.15. The number of hydrogen-bond donors (Lipinski definition) is 1. The van der Waals surface area contributed by atoms with Crippen molar-refractivity contribution in [1.29, 1.82) is 0 Å². The zero-order chi connectivity index (χ0) is 16.1. The lowest BCUT2D eigenvalue weighted by Crippen LogP contribution is -2.23. The number of amides is 1. The van der Waals surface area contributed by atoms with Gasteiger partial charge in [0.05, 0.1) is 10.9 Å². The largest absolute Gasteiger partial charge is 0.463 e. The van der Waals surface area contributed by atoms with Gasteiger partial charge in [0, 0.05) is 12.6 Å². The van der Waals surface area contributed by atoms with Gasteiger partial charge in [-0.25, -0.2) is 0 Å². The molecule has 0 fully saturated rings. The number of benzene rings is 1. The molecule has 4 nitrogen and oxygen atoms in total. The lowest BCUT2D eigenvalue weighted by atomic mass is 10.1. The van der Waals surface area contributed by atoms with Crippen LogP contribution < -0.4 is 10.7 Å². The molecule has 1 aromatic heterocycles. The molecule has 1 amide bonds. The SMILES string of the molecule is Cc1ccc2occ(/C=C/C(=O)NCCC(C)C)c(=O)c2c1. The molecule has 2 rings (SSSR count). The van der Waals surface area contributed by atoms with Gasteiger partial charge in [0.25, 0.3) is 0 Å². The highest BCUT2D eigenvalue weighted by Crippen LogP contribution is 2.13. The van der Waals surface area contributed by atoms with Gasteiger partial charge in [-0.05, 0) is 37.5 Å². The minimum Gasteiger partial charge on any atom is -0.463 e. The Balaban J connectivity index is 2.14. The van der Waals surface area contributed by atoms with E-state index in [2.05, 4.69) is 19.2 Å². The Labute approximate surface area is 129 Å². The standard InChI is InChI=1S/C18H21NO3/c1-12(2)8-9-19-17(20)7-5-14-11-22-16-6-4-13(3)10-15(16)18(14)21/h4-7,10-12H,8-9H2,1-3H3,(H,19,20)/b7-5+. The number of rotatable bonds is 5. The maximum atomic E-state index is 12.4. The molecule has 1 heterocycles. The van der Waals surface area contributed by atoms with E-state index in [1.807, 2.05) is 13.0 Å². The molecular weight excluding hydrogens is 278 g/mol. The van der Waals surface area contributed by atoms with Gasteiger partial charge in [0.15, 0.2) is 5.43 Å². The highest BCUT2D eigenvalue weighted by molar-refractivity contribution is 5.92. The van der Waals surface area contributed by atoms with Crippen LogP contribution >= 0.6 is 0 Å². The first-order chi connectivity index (χ1) is 10.5. The van der Waals surface area contributed by atoms with Gasteiger partial charge in [-0.3, -0.25) is 9.59 Å². The Morgan fingerprint density at radius 3 is 2.86 bits per heavy atom. The zero-order valence-electron chi connectivity index (χ0n) is 13.2. The van der Waals surface area contributed by atoms with Crippen LogP contribution in [0.25, 0.3) is 17.0 Å². The van der Waals surface area contributed by atoms with Crippen LogP contribution in [0.3, 0.4) is 0 Å². The van der Waals surface area contributed by atoms with Crippen molar-refractivity contribution in [2.75, 3.05) is 6.54 Å². The van der Waals surface area contributed by atoms with Gasteiger partial charge in [-0.1, -0.05) is 25.5 Å². The van der Waals surface area contributed by atoms with Crippen LogP contribution in [-0.4, -0.2) is 12.5 Å². The normalized spacial score (nSPS) is 11.5. The fourth-order valence-electron chi connectivity index (χ4n) is 2.08. The monoisotopic (exact) mass is 299 g/mol. The van der Waals surface area contributed by atoms with Crippen LogP contribution in [0.4, 0.5) is 0 Å². The van der Waals surface area contributed by atoms with Crippen LogP contribution in [0.1, 0.15) is 31.4 Å². The third-order valence-electron chi connectivity index (χ3n) is 3.39. The molecule has 0 radical (unpaired) electrons. The minimum absolute atomic E-state index is 0.129. The summed E-state index contributed by atoms with van der Waals surface area (Å²) in [5.41, 5.74) is 1.79. The minimum atomic E-state index is -0.204. The third-order valence-corrected chi connectivity index (χ3v) is 3.39. The van der Waals surface area contributed by atoms with Crippen molar-refractivity contribution in [2.24, 2.45) is 5.92 Å². The van der Waals surface area contributed by atoms with Crippen molar-refractivity contribution >= 4 is 23.0 Å². The van der Waals surface area contributed by atoms with Crippen molar-refractivity contribution in [2.45, 2.75) is 27.2 Å². The summed E-state index contributed by atoms with van der Waals surface area (Å²) in [6.45, 7) is 6.75. The van der Waals surface area contributed by atoms with Crippen molar-refractivity contribution in [3.8, 4) is 0 Å². The molecule has 116 valence electrons. The molecule has 4 heteroatoms. The van der Waals surface area contributed by atoms with Crippen molar-refractivity contribution in [3.05, 3.63) is 51.9 Å². The lowest BCUT2D eigenvalue weighted by molar-refractivity contribution is -0.116. The van der Waals surface area contributed by atoms with Crippen LogP contribution in [-0.2, 0) is 4.79 Å². The topological polar surface area (TPSA) is 59.3 Å². The maximum Gasteiger partial charge on any atom is 0.244 e. The number of carbonyl (C=O) groups excluding carboxylic acids is 1. The van der Waals surface area contributed by atoms with Gasteiger partial charge >= 0.3 is 0 Å². The van der Waals surface area contributed by atoms with Crippen LogP contribution in [0, 0.1) is 12.8 Å². The van der Waals surface area contributed by atoms with E-state index < -0.39 is 0 Å². The van der Waals surface area contributed by atoms with Crippen LogP contribution in [0.2, 0.25) is 0 Å². The van der Waals surface area contributed by atoms with Crippen molar-refractivity contribution in [3.63, 3.8) is 0 Å². The van der Waals surface area contributed by atoms with Crippen LogP contribution in [0.15, 0.2) is 39.7 Å². The molecule has 1 aromatic carbocycles. The number of aryl methyl sites for hydroxylation is 1. The number of nitrogens with one attached hydrogen (secondary N) is 1. The number of fused-ring (bicyclic) bond motifs is 1. The van der Waals surface area contributed by atoms with Crippen molar-refractivity contribution in [1.82, 2.24) is 5.32 Å². The lowest BCUT2D eigenvalue weighted by Gasteiger charge is -2.04. The molecule has 0 unspecified atom stereocenters. The average Bonchev–Trinajstić information content (AvgIpc) is 2.47. The summed E-state index contributed by atoms with van der Waals surface area (Å²) in [6, 6.07) is 5.46. The summed E-state index contributed by atoms with van der Waals surface area (Å²) in [4.78, 5) is 24.0. The molecule has 0 aliphatic rings. The smallest absolute Gasteiger partial charge is 0.244 e. The molecule has 0 saturated carbocycles. The summed E-state index contributed by atoms with van der Waals surface area (Å²) in [7, 11) is 0. The van der Waals surface area contributed by atoms with E-state index in [-0.39, 0.29) is 11.3 Å². The molecular formula is C18H21NO3. The Hall–Kier alpha value is -2.36. The van der Waals surface area contributed by atoms with Gasteiger partial charge in [0.1, 0.15) is 11.8 Å². The Morgan fingerprint density at radius 1 is 1.36 bits per heavy atom. The van der Waals surface area contributed by atoms with Crippen LogP contribution in [0.5, 0.6) is 0 Å². The molecule has 2 aromatic rings. The predicted molar refractivity (Wildman–Crippen MR) is 88.7 cm³/mol. The predicted octanol–water partition coefficient (Wildman–Crippen LogP) is 3.28. The zero-order valence-corrected chi connectivity index (χ0v) is 13.2. The molecule has 0 bridgehead atoms. The molecule has 1 N–H and O–H groups in total. The second-order valence-corrected chi connectivity index (χ2v) is 5.83. The van der Waals surface area contributed by atoms with E-state index in [9.17, 15) is 9.59 Å². The summed E-state index contributed by atoms with van der Waals surface area (Å²) >= 11 is 0. The fourth-order valence-corrected chi connectivity index (χ4v) is 2.08. The van der Waals surface area contributed by atoms with E-state index >= 15 is 0 Å². The molecule has 0 spiro atoms. The fraction of sp³-hybridized carbons (Fsp3) is 0.333. The van der Waals surface area contributed by atoms with E-state index in [0.717, 1.165) is 12.0 Å². The van der Waals surface area contributed by atoms with Gasteiger partial charge < -0.3 is 9.73 Å². The quantitative estimate of drug-likeness (QED) is 0.862. The van der Waals surface area contributed by atoms with Gasteiger partial charge in [-0.2, -0.15) is 0 Å².